The maximum Gasteiger partial charge on any atom is 0.350 e. The summed E-state index contributed by atoms with van der Waals surface area (Å²) in [6, 6.07) is 21.8. The molecule has 0 heterocycles. The summed E-state index contributed by atoms with van der Waals surface area (Å²) >= 11 is 0. The number of aliphatic hydroxyl groups is 1. The third kappa shape index (κ3) is 3.14. The van der Waals surface area contributed by atoms with Gasteiger partial charge in [0.1, 0.15) is 5.57 Å². The maximum absolute atomic E-state index is 13.3. The number of carbonyl (C=O) groups excluding carboxylic acids is 4. The fourth-order valence-corrected chi connectivity index (χ4v) is 4.16. The molecule has 0 atom stereocenters. The standard InChI is InChI=1S/C27H17NO6/c1-28(15-9-3-2-4-10-15)21-16-11-5-6-12-17(16)22(29)20(21)27(33)34-26-24(31)19-14-8-7-13-18(19)23(30)25(26)32/h2-14,32H,1H3. The molecule has 7 heteroatoms. The van der Waals surface area contributed by atoms with Crippen molar-refractivity contribution in [2.24, 2.45) is 0 Å². The van der Waals surface area contributed by atoms with Crippen molar-refractivity contribution in [3.63, 3.8) is 0 Å². The smallest absolute Gasteiger partial charge is 0.350 e. The molecule has 0 aromatic heterocycles. The molecule has 0 amide bonds. The summed E-state index contributed by atoms with van der Waals surface area (Å²) in [5.74, 6) is -5.14. The number of Topliss-reactive ketones (excluding diaryl/α,β-unsaturated/α-hetero) is 3. The van der Waals surface area contributed by atoms with Crippen molar-refractivity contribution >= 4 is 34.7 Å². The van der Waals surface area contributed by atoms with Gasteiger partial charge in [-0.05, 0) is 12.1 Å². The van der Waals surface area contributed by atoms with E-state index in [4.69, 9.17) is 4.74 Å². The van der Waals surface area contributed by atoms with Crippen molar-refractivity contribution in [2.75, 3.05) is 11.9 Å². The Morgan fingerprint density at radius 1 is 0.706 bits per heavy atom. The summed E-state index contributed by atoms with van der Waals surface area (Å²) in [6.07, 6.45) is 0. The molecule has 34 heavy (non-hydrogen) atoms. The van der Waals surface area contributed by atoms with E-state index in [0.717, 1.165) is 0 Å². The molecule has 0 spiro atoms. The molecule has 2 aliphatic rings. The molecule has 0 bridgehead atoms. The summed E-state index contributed by atoms with van der Waals surface area (Å²) in [6.45, 7) is 0. The van der Waals surface area contributed by atoms with Gasteiger partial charge in [-0.1, -0.05) is 66.7 Å². The zero-order valence-corrected chi connectivity index (χ0v) is 17.9. The van der Waals surface area contributed by atoms with Crippen molar-refractivity contribution in [1.29, 1.82) is 0 Å². The first-order chi connectivity index (χ1) is 16.4. The van der Waals surface area contributed by atoms with Crippen LogP contribution in [-0.2, 0) is 9.53 Å². The number of benzene rings is 3. The van der Waals surface area contributed by atoms with Crippen molar-refractivity contribution in [3.05, 3.63) is 118 Å². The van der Waals surface area contributed by atoms with Crippen LogP contribution >= 0.6 is 0 Å². The van der Waals surface area contributed by atoms with E-state index in [1.54, 1.807) is 48.3 Å². The Balaban J connectivity index is 1.60. The minimum absolute atomic E-state index is 0.00439. The van der Waals surface area contributed by atoms with E-state index in [1.807, 2.05) is 30.3 Å². The zero-order valence-electron chi connectivity index (χ0n) is 17.9. The summed E-state index contributed by atoms with van der Waals surface area (Å²) in [7, 11) is 1.70. The molecule has 7 nitrogen and oxygen atoms in total. The average Bonchev–Trinajstić information content (AvgIpc) is 3.17. The van der Waals surface area contributed by atoms with Crippen molar-refractivity contribution in [1.82, 2.24) is 0 Å². The van der Waals surface area contributed by atoms with Crippen molar-refractivity contribution < 1.29 is 29.0 Å². The van der Waals surface area contributed by atoms with E-state index in [2.05, 4.69) is 0 Å². The van der Waals surface area contributed by atoms with Crippen LogP contribution in [0.4, 0.5) is 5.69 Å². The fourth-order valence-electron chi connectivity index (χ4n) is 4.16. The molecule has 0 saturated heterocycles. The summed E-state index contributed by atoms with van der Waals surface area (Å²) in [4.78, 5) is 53.7. The molecule has 5 rings (SSSR count). The number of rotatable bonds is 4. The summed E-state index contributed by atoms with van der Waals surface area (Å²) in [5.41, 5.74) is 1.57. The molecule has 0 aliphatic heterocycles. The first-order valence-corrected chi connectivity index (χ1v) is 10.4. The second-order valence-corrected chi connectivity index (χ2v) is 7.76. The molecule has 0 radical (unpaired) electrons. The number of hydrogen-bond donors (Lipinski definition) is 1. The molecular weight excluding hydrogens is 434 g/mol. The van der Waals surface area contributed by atoms with Crippen LogP contribution in [0.5, 0.6) is 0 Å². The third-order valence-corrected chi connectivity index (χ3v) is 5.82. The number of anilines is 1. The Morgan fingerprint density at radius 2 is 1.21 bits per heavy atom. The lowest BCUT2D eigenvalue weighted by atomic mass is 9.92. The number of ketones is 3. The van der Waals surface area contributed by atoms with Gasteiger partial charge in [0.25, 0.3) is 0 Å². The molecule has 0 unspecified atom stereocenters. The largest absolute Gasteiger partial charge is 0.501 e. The van der Waals surface area contributed by atoms with Gasteiger partial charge in [0.15, 0.2) is 0 Å². The molecule has 0 saturated carbocycles. The third-order valence-electron chi connectivity index (χ3n) is 5.82. The topological polar surface area (TPSA) is 101 Å². The number of allylic oxidation sites excluding steroid dienone is 2. The quantitative estimate of drug-likeness (QED) is 0.470. The van der Waals surface area contributed by atoms with E-state index in [9.17, 15) is 24.3 Å². The highest BCUT2D eigenvalue weighted by molar-refractivity contribution is 6.35. The van der Waals surface area contributed by atoms with Crippen LogP contribution in [-0.4, -0.2) is 35.5 Å². The highest BCUT2D eigenvalue weighted by atomic mass is 16.5. The van der Waals surface area contributed by atoms with Gasteiger partial charge in [-0.3, -0.25) is 14.4 Å². The van der Waals surface area contributed by atoms with Gasteiger partial charge in [-0.2, -0.15) is 0 Å². The van der Waals surface area contributed by atoms with Gasteiger partial charge in [0, 0.05) is 35.0 Å². The van der Waals surface area contributed by atoms with Crippen molar-refractivity contribution in [2.45, 2.75) is 0 Å². The Morgan fingerprint density at radius 3 is 1.82 bits per heavy atom. The van der Waals surface area contributed by atoms with Crippen LogP contribution in [0.1, 0.15) is 36.6 Å². The minimum Gasteiger partial charge on any atom is -0.501 e. The van der Waals surface area contributed by atoms with E-state index in [0.29, 0.717) is 22.5 Å². The monoisotopic (exact) mass is 451 g/mol. The Hall–Kier alpha value is -4.78. The van der Waals surface area contributed by atoms with Crippen LogP contribution in [0, 0.1) is 0 Å². The van der Waals surface area contributed by atoms with Crippen LogP contribution in [0.2, 0.25) is 0 Å². The van der Waals surface area contributed by atoms with Crippen LogP contribution < -0.4 is 4.90 Å². The van der Waals surface area contributed by atoms with Gasteiger partial charge < -0.3 is 14.7 Å². The van der Waals surface area contributed by atoms with Gasteiger partial charge in [0.05, 0.1) is 5.70 Å². The average molecular weight is 451 g/mol. The number of carbonyl (C=O) groups is 4. The number of hydrogen-bond acceptors (Lipinski definition) is 7. The Labute approximate surface area is 194 Å². The highest BCUT2D eigenvalue weighted by Gasteiger charge is 2.40. The summed E-state index contributed by atoms with van der Waals surface area (Å²) < 4.78 is 5.26. The lowest BCUT2D eigenvalue weighted by Gasteiger charge is -2.23. The van der Waals surface area contributed by atoms with E-state index in [-0.39, 0.29) is 16.7 Å². The zero-order chi connectivity index (χ0) is 24.0. The van der Waals surface area contributed by atoms with E-state index < -0.39 is 34.8 Å². The Bertz CT molecular complexity index is 1470. The summed E-state index contributed by atoms with van der Waals surface area (Å²) in [5, 5.41) is 10.4. The Kier molecular flexibility index (Phi) is 4.94. The maximum atomic E-state index is 13.3. The van der Waals surface area contributed by atoms with E-state index in [1.165, 1.54) is 12.1 Å². The van der Waals surface area contributed by atoms with Gasteiger partial charge >= 0.3 is 5.97 Å². The van der Waals surface area contributed by atoms with Crippen LogP contribution in [0.15, 0.2) is 96.0 Å². The normalized spacial score (nSPS) is 14.8. The van der Waals surface area contributed by atoms with Crippen LogP contribution in [0.3, 0.4) is 0 Å². The van der Waals surface area contributed by atoms with Crippen LogP contribution in [0.25, 0.3) is 5.70 Å². The molecule has 1 N–H and O–H groups in total. The second kappa shape index (κ2) is 7.97. The first-order valence-electron chi connectivity index (χ1n) is 10.4. The highest BCUT2D eigenvalue weighted by Crippen LogP contribution is 2.38. The molecular formula is C27H17NO6. The molecule has 3 aromatic rings. The number of para-hydroxylation sites is 1. The predicted octanol–water partition coefficient (Wildman–Crippen LogP) is 4.12. The molecule has 166 valence electrons. The predicted molar refractivity (Wildman–Crippen MR) is 123 cm³/mol. The second-order valence-electron chi connectivity index (χ2n) is 7.76. The lowest BCUT2D eigenvalue weighted by Crippen LogP contribution is -2.27. The lowest BCUT2D eigenvalue weighted by molar-refractivity contribution is -0.134. The number of aliphatic hydroxyl groups excluding tert-OH is 1. The number of nitrogens with zero attached hydrogens (tertiary/aromatic N) is 1. The number of esters is 1. The van der Waals surface area contributed by atoms with Gasteiger partial charge in [0.2, 0.25) is 28.9 Å². The number of fused-ring (bicyclic) bond motifs is 2. The molecule has 3 aromatic carbocycles. The van der Waals surface area contributed by atoms with Gasteiger partial charge in [-0.15, -0.1) is 0 Å². The minimum atomic E-state index is -1.14. The molecule has 2 aliphatic carbocycles. The fraction of sp³-hybridized carbons (Fsp3) is 0.0370. The number of ether oxygens (including phenoxy) is 1. The van der Waals surface area contributed by atoms with E-state index >= 15 is 0 Å². The SMILES string of the molecule is CN(C1=C(C(=O)OC2=C(O)C(=O)c3ccccc3C2=O)C(=O)c2ccccc21)c1ccccc1. The van der Waals surface area contributed by atoms with Gasteiger partial charge in [-0.25, -0.2) is 4.79 Å². The van der Waals surface area contributed by atoms with Crippen molar-refractivity contribution in [3.8, 4) is 0 Å². The molecule has 0 fully saturated rings. The first kappa shape index (κ1) is 21.1.